The second kappa shape index (κ2) is 7.40. The standard InChI is InChI=1S/C19H20F4N4O2/c20-12-9-14(22)13(21)7-10(12)6-11(24)8-16(28)27-5-1-2-15(27)17-25-18(29-26-17)19(23)3-4-19/h7,9,11,15H,1-6,8,24H2. The van der Waals surface area contributed by atoms with Gasteiger partial charge in [-0.3, -0.25) is 4.79 Å². The summed E-state index contributed by atoms with van der Waals surface area (Å²) in [6.45, 7) is 0.459. The highest BCUT2D eigenvalue weighted by Crippen LogP contribution is 2.49. The lowest BCUT2D eigenvalue weighted by molar-refractivity contribution is -0.132. The molecule has 2 N–H and O–H groups in total. The number of amides is 1. The molecule has 1 aromatic heterocycles. The monoisotopic (exact) mass is 412 g/mol. The quantitative estimate of drug-likeness (QED) is 0.582. The molecule has 156 valence electrons. The van der Waals surface area contributed by atoms with Gasteiger partial charge >= 0.3 is 0 Å². The van der Waals surface area contributed by atoms with E-state index < -0.39 is 35.2 Å². The highest BCUT2D eigenvalue weighted by Gasteiger charge is 2.51. The molecule has 2 atom stereocenters. The van der Waals surface area contributed by atoms with Gasteiger partial charge in [-0.1, -0.05) is 5.16 Å². The van der Waals surface area contributed by atoms with Crippen molar-refractivity contribution < 1.29 is 26.9 Å². The van der Waals surface area contributed by atoms with Gasteiger partial charge in [0.2, 0.25) is 5.91 Å². The molecule has 29 heavy (non-hydrogen) atoms. The Labute approximate surface area is 164 Å². The van der Waals surface area contributed by atoms with E-state index in [2.05, 4.69) is 10.1 Å². The molecule has 2 unspecified atom stereocenters. The molecule has 0 spiro atoms. The lowest BCUT2D eigenvalue weighted by Crippen LogP contribution is -2.36. The smallest absolute Gasteiger partial charge is 0.264 e. The van der Waals surface area contributed by atoms with Crippen molar-refractivity contribution in [1.82, 2.24) is 15.0 Å². The van der Waals surface area contributed by atoms with E-state index in [1.807, 2.05) is 0 Å². The molecule has 2 aliphatic rings. The van der Waals surface area contributed by atoms with E-state index >= 15 is 0 Å². The van der Waals surface area contributed by atoms with Crippen LogP contribution in [0, 0.1) is 17.5 Å². The van der Waals surface area contributed by atoms with Crippen molar-refractivity contribution in [3.8, 4) is 0 Å². The normalized spacial score (nSPS) is 21.4. The predicted molar refractivity (Wildman–Crippen MR) is 92.6 cm³/mol. The van der Waals surface area contributed by atoms with Gasteiger partial charge < -0.3 is 15.2 Å². The number of halogens is 4. The van der Waals surface area contributed by atoms with Gasteiger partial charge in [0, 0.05) is 25.1 Å². The minimum Gasteiger partial charge on any atom is -0.336 e. The Morgan fingerprint density at radius 1 is 1.28 bits per heavy atom. The first kappa shape index (κ1) is 19.8. The van der Waals surface area contributed by atoms with Crippen LogP contribution in [0.5, 0.6) is 0 Å². The van der Waals surface area contributed by atoms with Gasteiger partial charge in [0.25, 0.3) is 5.89 Å². The predicted octanol–water partition coefficient (Wildman–Crippen LogP) is 3.07. The first-order valence-electron chi connectivity index (χ1n) is 9.48. The lowest BCUT2D eigenvalue weighted by Gasteiger charge is -2.24. The largest absolute Gasteiger partial charge is 0.336 e. The number of alkyl halides is 1. The van der Waals surface area contributed by atoms with Crippen LogP contribution in [-0.2, 0) is 16.9 Å². The number of benzene rings is 1. The first-order valence-corrected chi connectivity index (χ1v) is 9.48. The molecule has 2 aromatic rings. The Bertz CT molecular complexity index is 931. The van der Waals surface area contributed by atoms with Crippen molar-refractivity contribution in [3.63, 3.8) is 0 Å². The Kier molecular flexibility index (Phi) is 5.05. The maximum absolute atomic E-state index is 14.1. The summed E-state index contributed by atoms with van der Waals surface area (Å²) in [4.78, 5) is 18.4. The number of carbonyl (C=O) groups excluding carboxylic acids is 1. The van der Waals surface area contributed by atoms with Crippen LogP contribution in [-0.4, -0.2) is 33.5 Å². The number of nitrogens with two attached hydrogens (primary N) is 1. The SMILES string of the molecule is NC(CC(=O)N1CCCC1c1noc(C2(F)CC2)n1)Cc1cc(F)c(F)cc1F. The topological polar surface area (TPSA) is 85.3 Å². The second-order valence-electron chi connectivity index (χ2n) is 7.69. The average molecular weight is 412 g/mol. The van der Waals surface area contributed by atoms with Crippen LogP contribution in [0.2, 0.25) is 0 Å². The fourth-order valence-corrected chi connectivity index (χ4v) is 3.63. The molecular weight excluding hydrogens is 392 g/mol. The molecule has 1 saturated carbocycles. The van der Waals surface area contributed by atoms with E-state index in [1.165, 1.54) is 0 Å². The minimum atomic E-state index is -1.55. The summed E-state index contributed by atoms with van der Waals surface area (Å²) in [5.41, 5.74) is 4.31. The van der Waals surface area contributed by atoms with Crippen LogP contribution < -0.4 is 5.73 Å². The maximum Gasteiger partial charge on any atom is 0.264 e. The molecule has 4 rings (SSSR count). The summed E-state index contributed by atoms with van der Waals surface area (Å²) in [5.74, 6) is -3.46. The number of carbonyl (C=O) groups is 1. The molecule has 1 aliphatic heterocycles. The van der Waals surface area contributed by atoms with Crippen molar-refractivity contribution in [2.24, 2.45) is 5.73 Å². The first-order chi connectivity index (χ1) is 13.8. The van der Waals surface area contributed by atoms with E-state index in [9.17, 15) is 22.4 Å². The Morgan fingerprint density at radius 3 is 2.72 bits per heavy atom. The summed E-state index contributed by atoms with van der Waals surface area (Å²) >= 11 is 0. The van der Waals surface area contributed by atoms with E-state index in [0.29, 0.717) is 38.3 Å². The highest BCUT2D eigenvalue weighted by molar-refractivity contribution is 5.77. The minimum absolute atomic E-state index is 0.0580. The van der Waals surface area contributed by atoms with Crippen LogP contribution in [0.4, 0.5) is 17.6 Å². The van der Waals surface area contributed by atoms with Crippen molar-refractivity contribution in [2.75, 3.05) is 6.54 Å². The van der Waals surface area contributed by atoms with Crippen molar-refractivity contribution in [2.45, 2.75) is 56.3 Å². The zero-order valence-electron chi connectivity index (χ0n) is 15.5. The fraction of sp³-hybridized carbons (Fsp3) is 0.526. The molecule has 1 saturated heterocycles. The summed E-state index contributed by atoms with van der Waals surface area (Å²) in [6, 6.07) is -0.0145. The molecule has 0 radical (unpaired) electrons. The number of hydrogen-bond donors (Lipinski definition) is 1. The van der Waals surface area contributed by atoms with Gasteiger partial charge in [0.15, 0.2) is 23.1 Å². The Balaban J connectivity index is 1.41. The van der Waals surface area contributed by atoms with E-state index in [1.54, 1.807) is 4.90 Å². The fourth-order valence-electron chi connectivity index (χ4n) is 3.63. The van der Waals surface area contributed by atoms with Crippen LogP contribution in [0.1, 0.15) is 55.4 Å². The van der Waals surface area contributed by atoms with Crippen molar-refractivity contribution in [1.29, 1.82) is 0 Å². The average Bonchev–Trinajstić information content (AvgIpc) is 3.10. The highest BCUT2D eigenvalue weighted by atomic mass is 19.2. The molecular formula is C19H20F4N4O2. The number of likely N-dealkylation sites (tertiary alicyclic amines) is 1. The number of nitrogens with zero attached hydrogens (tertiary/aromatic N) is 3. The van der Waals surface area contributed by atoms with Crippen LogP contribution in [0.25, 0.3) is 0 Å². The van der Waals surface area contributed by atoms with Crippen LogP contribution in [0.15, 0.2) is 16.7 Å². The zero-order valence-corrected chi connectivity index (χ0v) is 15.5. The third kappa shape index (κ3) is 3.98. The molecule has 1 amide bonds. The third-order valence-corrected chi connectivity index (χ3v) is 5.39. The second-order valence-corrected chi connectivity index (χ2v) is 7.69. The summed E-state index contributed by atoms with van der Waals surface area (Å²) in [6.07, 6.45) is 1.77. The molecule has 1 aromatic carbocycles. The summed E-state index contributed by atoms with van der Waals surface area (Å²) < 4.78 is 59.3. The summed E-state index contributed by atoms with van der Waals surface area (Å²) in [7, 11) is 0. The zero-order chi connectivity index (χ0) is 20.8. The molecule has 10 heteroatoms. The van der Waals surface area contributed by atoms with Crippen LogP contribution >= 0.6 is 0 Å². The van der Waals surface area contributed by atoms with Gasteiger partial charge in [-0.15, -0.1) is 0 Å². The van der Waals surface area contributed by atoms with E-state index in [-0.39, 0.29) is 36.0 Å². The molecule has 1 aliphatic carbocycles. The number of hydrogen-bond acceptors (Lipinski definition) is 5. The van der Waals surface area contributed by atoms with Gasteiger partial charge in [-0.25, -0.2) is 17.6 Å². The molecule has 6 nitrogen and oxygen atoms in total. The van der Waals surface area contributed by atoms with Gasteiger partial charge in [-0.05, 0) is 43.7 Å². The van der Waals surface area contributed by atoms with Gasteiger partial charge in [0.05, 0.1) is 6.04 Å². The third-order valence-electron chi connectivity index (χ3n) is 5.39. The molecule has 2 heterocycles. The van der Waals surface area contributed by atoms with Crippen LogP contribution in [0.3, 0.4) is 0 Å². The van der Waals surface area contributed by atoms with E-state index in [4.69, 9.17) is 10.3 Å². The molecule has 2 fully saturated rings. The Hall–Kier alpha value is -2.49. The maximum atomic E-state index is 14.1. The summed E-state index contributed by atoms with van der Waals surface area (Å²) in [5, 5.41) is 3.84. The van der Waals surface area contributed by atoms with Gasteiger partial charge in [0.1, 0.15) is 5.82 Å². The Morgan fingerprint density at radius 2 is 2.00 bits per heavy atom. The lowest BCUT2D eigenvalue weighted by atomic mass is 10.0. The van der Waals surface area contributed by atoms with E-state index in [0.717, 1.165) is 6.07 Å². The molecule has 0 bridgehead atoms. The van der Waals surface area contributed by atoms with Crippen molar-refractivity contribution >= 4 is 5.91 Å². The van der Waals surface area contributed by atoms with Crippen molar-refractivity contribution in [3.05, 3.63) is 46.9 Å². The van der Waals surface area contributed by atoms with Gasteiger partial charge in [-0.2, -0.15) is 4.98 Å². The number of rotatable bonds is 6. The number of aromatic nitrogens is 2.